The molecular weight excluding hydrogens is 156 g/mol. The maximum Gasteiger partial charge on any atom is 0.313 e. The fourth-order valence-corrected chi connectivity index (χ4v) is 0.688. The van der Waals surface area contributed by atoms with Crippen molar-refractivity contribution < 1.29 is 14.3 Å². The first-order chi connectivity index (χ1) is 5.31. The van der Waals surface area contributed by atoms with Gasteiger partial charge in [-0.3, -0.25) is 9.59 Å². The Morgan fingerprint density at radius 2 is 1.75 bits per heavy atom. The summed E-state index contributed by atoms with van der Waals surface area (Å²) >= 11 is 0. The van der Waals surface area contributed by atoms with Gasteiger partial charge in [0, 0.05) is 13.3 Å². The molecule has 0 aliphatic rings. The van der Waals surface area contributed by atoms with Crippen molar-refractivity contribution in [1.29, 1.82) is 0 Å². The molecule has 0 aromatic carbocycles. The molecule has 0 N–H and O–H groups in total. The van der Waals surface area contributed by atoms with Crippen LogP contribution in [0.1, 0.15) is 40.5 Å². The summed E-state index contributed by atoms with van der Waals surface area (Å²) in [7, 11) is 0. The van der Waals surface area contributed by atoms with Gasteiger partial charge >= 0.3 is 11.9 Å². The van der Waals surface area contributed by atoms with Crippen molar-refractivity contribution in [3.05, 3.63) is 0 Å². The van der Waals surface area contributed by atoms with Crippen molar-refractivity contribution in [3.8, 4) is 0 Å². The molecule has 12 heavy (non-hydrogen) atoms. The van der Waals surface area contributed by atoms with Gasteiger partial charge in [-0.25, -0.2) is 0 Å². The van der Waals surface area contributed by atoms with Gasteiger partial charge in [0.2, 0.25) is 0 Å². The molecule has 0 saturated heterocycles. The second-order valence-corrected chi connectivity index (χ2v) is 4.03. The van der Waals surface area contributed by atoms with E-state index in [4.69, 9.17) is 0 Å². The van der Waals surface area contributed by atoms with E-state index >= 15 is 0 Å². The molecule has 0 radical (unpaired) electrons. The number of hydrogen-bond donors (Lipinski definition) is 0. The fraction of sp³-hybridized carbons (Fsp3) is 0.778. The van der Waals surface area contributed by atoms with E-state index in [1.54, 1.807) is 0 Å². The topological polar surface area (TPSA) is 43.4 Å². The van der Waals surface area contributed by atoms with Crippen LogP contribution < -0.4 is 0 Å². The Bertz CT molecular complexity index is 177. The van der Waals surface area contributed by atoms with Crippen LogP contribution in [-0.2, 0) is 14.3 Å². The van der Waals surface area contributed by atoms with Gasteiger partial charge < -0.3 is 4.74 Å². The summed E-state index contributed by atoms with van der Waals surface area (Å²) in [5.74, 6) is -0.966. The van der Waals surface area contributed by atoms with Gasteiger partial charge in [-0.2, -0.15) is 0 Å². The van der Waals surface area contributed by atoms with Crippen molar-refractivity contribution in [3.63, 3.8) is 0 Å². The average molecular weight is 172 g/mol. The van der Waals surface area contributed by atoms with Crippen LogP contribution in [-0.4, -0.2) is 11.9 Å². The van der Waals surface area contributed by atoms with Crippen LogP contribution in [0.2, 0.25) is 0 Å². The maximum atomic E-state index is 10.9. The highest BCUT2D eigenvalue weighted by Gasteiger charge is 2.14. The van der Waals surface area contributed by atoms with Gasteiger partial charge in [-0.05, 0) is 11.8 Å². The highest BCUT2D eigenvalue weighted by Crippen LogP contribution is 2.20. The van der Waals surface area contributed by atoms with Gasteiger partial charge in [0.05, 0.1) is 0 Å². The number of carbonyl (C=O) groups is 2. The molecule has 0 unspecified atom stereocenters. The highest BCUT2D eigenvalue weighted by atomic mass is 16.6. The Morgan fingerprint density at radius 3 is 2.08 bits per heavy atom. The second-order valence-electron chi connectivity index (χ2n) is 4.03. The standard InChI is InChI=1S/C9H16O3/c1-7(10)12-8(11)5-6-9(2,3)4/h5-6H2,1-4H3. The van der Waals surface area contributed by atoms with E-state index in [9.17, 15) is 9.59 Å². The van der Waals surface area contributed by atoms with Crippen molar-refractivity contribution in [2.75, 3.05) is 0 Å². The molecule has 0 heterocycles. The zero-order valence-electron chi connectivity index (χ0n) is 8.14. The SMILES string of the molecule is CC(=O)OC(=O)CCC(C)(C)C. The third-order valence-corrected chi connectivity index (χ3v) is 1.34. The van der Waals surface area contributed by atoms with E-state index in [1.807, 2.05) is 20.8 Å². The molecule has 0 amide bonds. The van der Waals surface area contributed by atoms with Crippen molar-refractivity contribution in [2.24, 2.45) is 5.41 Å². The Balaban J connectivity index is 3.65. The molecule has 0 aliphatic carbocycles. The minimum atomic E-state index is -0.533. The quantitative estimate of drug-likeness (QED) is 0.472. The molecule has 0 fully saturated rings. The summed E-state index contributed by atoms with van der Waals surface area (Å²) in [5.41, 5.74) is 0.107. The lowest BCUT2D eigenvalue weighted by Gasteiger charge is -2.16. The van der Waals surface area contributed by atoms with Gasteiger partial charge in [0.15, 0.2) is 0 Å². The van der Waals surface area contributed by atoms with E-state index < -0.39 is 11.9 Å². The van der Waals surface area contributed by atoms with Crippen LogP contribution in [0, 0.1) is 5.41 Å². The van der Waals surface area contributed by atoms with Crippen LogP contribution in [0.3, 0.4) is 0 Å². The van der Waals surface area contributed by atoms with Crippen LogP contribution in [0.4, 0.5) is 0 Å². The number of carbonyl (C=O) groups excluding carboxylic acids is 2. The molecule has 3 heteroatoms. The Labute approximate surface area is 73.1 Å². The molecule has 70 valence electrons. The zero-order valence-corrected chi connectivity index (χ0v) is 8.14. The molecule has 0 aromatic rings. The Kier molecular flexibility index (Phi) is 3.93. The smallest absolute Gasteiger partial charge is 0.313 e. The van der Waals surface area contributed by atoms with Crippen molar-refractivity contribution >= 4 is 11.9 Å². The summed E-state index contributed by atoms with van der Waals surface area (Å²) in [5, 5.41) is 0. The van der Waals surface area contributed by atoms with Crippen LogP contribution in [0.5, 0.6) is 0 Å². The Hall–Kier alpha value is -0.860. The number of rotatable bonds is 2. The first kappa shape index (κ1) is 11.1. The minimum absolute atomic E-state index is 0.107. The van der Waals surface area contributed by atoms with E-state index in [-0.39, 0.29) is 5.41 Å². The molecule has 0 aliphatic heterocycles. The normalized spacial score (nSPS) is 11.0. The summed E-state index contributed by atoms with van der Waals surface area (Å²) in [6, 6.07) is 0. The predicted molar refractivity (Wildman–Crippen MR) is 45.5 cm³/mol. The van der Waals surface area contributed by atoms with Crippen LogP contribution >= 0.6 is 0 Å². The first-order valence-electron chi connectivity index (χ1n) is 4.02. The molecule has 0 rings (SSSR count). The van der Waals surface area contributed by atoms with Gasteiger partial charge in [-0.1, -0.05) is 20.8 Å². The monoisotopic (exact) mass is 172 g/mol. The first-order valence-corrected chi connectivity index (χ1v) is 4.02. The molecule has 0 aromatic heterocycles. The van der Waals surface area contributed by atoms with E-state index in [0.29, 0.717) is 6.42 Å². The van der Waals surface area contributed by atoms with Crippen molar-refractivity contribution in [2.45, 2.75) is 40.5 Å². The van der Waals surface area contributed by atoms with E-state index in [2.05, 4.69) is 4.74 Å². The number of esters is 2. The number of ether oxygens (including phenoxy) is 1. The van der Waals surface area contributed by atoms with E-state index in [1.165, 1.54) is 6.92 Å². The summed E-state index contributed by atoms with van der Waals surface area (Å²) in [4.78, 5) is 21.2. The van der Waals surface area contributed by atoms with E-state index in [0.717, 1.165) is 6.42 Å². The molecule has 3 nitrogen and oxygen atoms in total. The molecule has 0 saturated carbocycles. The number of hydrogen-bond acceptors (Lipinski definition) is 3. The van der Waals surface area contributed by atoms with Gasteiger partial charge in [-0.15, -0.1) is 0 Å². The fourth-order valence-electron chi connectivity index (χ4n) is 0.688. The summed E-state index contributed by atoms with van der Waals surface area (Å²) in [6.07, 6.45) is 1.04. The second kappa shape index (κ2) is 4.24. The molecule has 0 atom stereocenters. The summed E-state index contributed by atoms with van der Waals surface area (Å²) in [6.45, 7) is 7.34. The lowest BCUT2D eigenvalue weighted by atomic mass is 9.91. The summed E-state index contributed by atoms with van der Waals surface area (Å²) < 4.78 is 4.37. The molecule has 0 spiro atoms. The van der Waals surface area contributed by atoms with Gasteiger partial charge in [0.25, 0.3) is 0 Å². The van der Waals surface area contributed by atoms with Crippen LogP contribution in [0.25, 0.3) is 0 Å². The lowest BCUT2D eigenvalue weighted by Crippen LogP contribution is -2.13. The third-order valence-electron chi connectivity index (χ3n) is 1.34. The third kappa shape index (κ3) is 7.25. The molecule has 0 bridgehead atoms. The minimum Gasteiger partial charge on any atom is -0.393 e. The average Bonchev–Trinajstić information content (AvgIpc) is 1.80. The highest BCUT2D eigenvalue weighted by molar-refractivity contribution is 5.83. The zero-order chi connectivity index (χ0) is 9.78. The predicted octanol–water partition coefficient (Wildman–Crippen LogP) is 1.90. The Morgan fingerprint density at radius 1 is 1.25 bits per heavy atom. The van der Waals surface area contributed by atoms with Crippen LogP contribution in [0.15, 0.2) is 0 Å². The van der Waals surface area contributed by atoms with Gasteiger partial charge in [0.1, 0.15) is 0 Å². The molecular formula is C9H16O3. The lowest BCUT2D eigenvalue weighted by molar-refractivity contribution is -0.158. The largest absolute Gasteiger partial charge is 0.393 e. The van der Waals surface area contributed by atoms with Crippen molar-refractivity contribution in [1.82, 2.24) is 0 Å². The maximum absolute atomic E-state index is 10.9.